The first-order chi connectivity index (χ1) is 11.2. The molecule has 5 nitrogen and oxygen atoms in total. The maximum Gasteiger partial charge on any atom is 0.245 e. The van der Waals surface area contributed by atoms with Crippen molar-refractivity contribution in [3.63, 3.8) is 0 Å². The number of carbonyl (C=O) groups is 1. The summed E-state index contributed by atoms with van der Waals surface area (Å²) in [6.07, 6.45) is 0.863. The van der Waals surface area contributed by atoms with Gasteiger partial charge in [-0.15, -0.1) is 0 Å². The minimum atomic E-state index is -3.90. The third-order valence-electron chi connectivity index (χ3n) is 3.01. The van der Waals surface area contributed by atoms with Crippen LogP contribution in [0.25, 0.3) is 0 Å². The van der Waals surface area contributed by atoms with E-state index in [1.165, 1.54) is 30.3 Å². The summed E-state index contributed by atoms with van der Waals surface area (Å²) in [6, 6.07) is 8.70. The molecule has 0 heterocycles. The van der Waals surface area contributed by atoms with E-state index < -0.39 is 34.1 Å². The van der Waals surface area contributed by atoms with Crippen LogP contribution in [-0.2, 0) is 14.8 Å². The number of nitrogens with one attached hydrogen (secondary N) is 1. The second-order valence-corrected chi connectivity index (χ2v) is 7.21. The standard InChI is InChI=1S/C15H13ClF2N2O3S/c1-24(22,23)20(14-5-3-2-4-13(14)18)9-15(21)19-10-6-7-12(17)11(16)8-10/h2-8H,9H2,1H3,(H,19,21). The highest BCUT2D eigenvalue weighted by Crippen LogP contribution is 2.22. The van der Waals surface area contributed by atoms with E-state index in [0.717, 1.165) is 18.4 Å². The molecule has 0 aromatic heterocycles. The van der Waals surface area contributed by atoms with Crippen molar-refractivity contribution in [2.24, 2.45) is 0 Å². The molecule has 0 radical (unpaired) electrons. The van der Waals surface area contributed by atoms with E-state index in [-0.39, 0.29) is 16.4 Å². The third kappa shape index (κ3) is 4.42. The number of halogens is 3. The van der Waals surface area contributed by atoms with E-state index in [1.807, 2.05) is 0 Å². The van der Waals surface area contributed by atoms with E-state index in [4.69, 9.17) is 11.6 Å². The number of anilines is 2. The highest BCUT2D eigenvalue weighted by atomic mass is 35.5. The van der Waals surface area contributed by atoms with Crippen molar-refractivity contribution in [1.82, 2.24) is 0 Å². The number of hydrogen-bond acceptors (Lipinski definition) is 3. The topological polar surface area (TPSA) is 66.5 Å². The predicted octanol–water partition coefficient (Wildman–Crippen LogP) is 3.02. The number of rotatable bonds is 5. The van der Waals surface area contributed by atoms with Gasteiger partial charge in [0.2, 0.25) is 15.9 Å². The second-order valence-electron chi connectivity index (χ2n) is 4.90. The lowest BCUT2D eigenvalue weighted by atomic mass is 10.3. The highest BCUT2D eigenvalue weighted by Gasteiger charge is 2.23. The Hall–Kier alpha value is -2.19. The van der Waals surface area contributed by atoms with Crippen molar-refractivity contribution < 1.29 is 22.0 Å². The minimum Gasteiger partial charge on any atom is -0.324 e. The summed E-state index contributed by atoms with van der Waals surface area (Å²) in [5.41, 5.74) is -0.0549. The summed E-state index contributed by atoms with van der Waals surface area (Å²) in [5, 5.41) is 2.19. The molecule has 2 aromatic carbocycles. The number of benzene rings is 2. The molecule has 1 N–H and O–H groups in total. The number of amides is 1. The summed E-state index contributed by atoms with van der Waals surface area (Å²) in [5.74, 6) is -2.16. The van der Waals surface area contributed by atoms with Crippen LogP contribution in [0.15, 0.2) is 42.5 Å². The molecule has 0 bridgehead atoms. The molecule has 2 rings (SSSR count). The average Bonchev–Trinajstić information content (AvgIpc) is 2.48. The minimum absolute atomic E-state index is 0.188. The zero-order chi connectivity index (χ0) is 17.9. The Labute approximate surface area is 142 Å². The Morgan fingerprint density at radius 1 is 1.17 bits per heavy atom. The van der Waals surface area contributed by atoms with Crippen LogP contribution in [0.5, 0.6) is 0 Å². The molecule has 0 saturated carbocycles. The molecular formula is C15H13ClF2N2O3S. The monoisotopic (exact) mass is 374 g/mol. The molecule has 0 saturated heterocycles. The number of carbonyl (C=O) groups excluding carboxylic acids is 1. The van der Waals surface area contributed by atoms with E-state index in [1.54, 1.807) is 0 Å². The van der Waals surface area contributed by atoms with Gasteiger partial charge in [-0.25, -0.2) is 17.2 Å². The van der Waals surface area contributed by atoms with Gasteiger partial charge in [-0.1, -0.05) is 23.7 Å². The van der Waals surface area contributed by atoms with Gasteiger partial charge in [-0.3, -0.25) is 9.10 Å². The zero-order valence-electron chi connectivity index (χ0n) is 12.5. The first-order valence-electron chi connectivity index (χ1n) is 6.65. The zero-order valence-corrected chi connectivity index (χ0v) is 14.0. The van der Waals surface area contributed by atoms with Gasteiger partial charge < -0.3 is 5.32 Å². The first-order valence-corrected chi connectivity index (χ1v) is 8.88. The van der Waals surface area contributed by atoms with Crippen molar-refractivity contribution in [2.45, 2.75) is 0 Å². The van der Waals surface area contributed by atoms with Crippen LogP contribution < -0.4 is 9.62 Å². The van der Waals surface area contributed by atoms with Gasteiger partial charge in [0.15, 0.2) is 0 Å². The van der Waals surface area contributed by atoms with Gasteiger partial charge in [-0.2, -0.15) is 0 Å². The molecule has 0 aliphatic carbocycles. The summed E-state index contributed by atoms with van der Waals surface area (Å²) < 4.78 is 51.3. The Bertz CT molecular complexity index is 875. The van der Waals surface area contributed by atoms with E-state index >= 15 is 0 Å². The highest BCUT2D eigenvalue weighted by molar-refractivity contribution is 7.92. The SMILES string of the molecule is CS(=O)(=O)N(CC(=O)Nc1ccc(F)c(Cl)c1)c1ccccc1F. The summed E-state index contributed by atoms with van der Waals surface area (Å²) in [6.45, 7) is -0.644. The Kier molecular flexibility index (Phi) is 5.40. The first kappa shape index (κ1) is 18.2. The number of sulfonamides is 1. The van der Waals surface area contributed by atoms with Crippen molar-refractivity contribution in [1.29, 1.82) is 0 Å². The Balaban J connectivity index is 2.22. The third-order valence-corrected chi connectivity index (χ3v) is 4.43. The molecule has 9 heteroatoms. The molecule has 0 unspecified atom stereocenters. The molecule has 128 valence electrons. The number of nitrogens with zero attached hydrogens (tertiary/aromatic N) is 1. The van der Waals surface area contributed by atoms with E-state index in [9.17, 15) is 22.0 Å². The molecule has 24 heavy (non-hydrogen) atoms. The molecule has 0 aliphatic rings. The molecule has 0 spiro atoms. The van der Waals surface area contributed by atoms with Crippen molar-refractivity contribution >= 4 is 38.9 Å². The summed E-state index contributed by atoms with van der Waals surface area (Å²) in [7, 11) is -3.90. The fraction of sp³-hybridized carbons (Fsp3) is 0.133. The van der Waals surface area contributed by atoms with Gasteiger partial charge in [-0.05, 0) is 30.3 Å². The van der Waals surface area contributed by atoms with Crippen LogP contribution in [-0.4, -0.2) is 27.1 Å². The van der Waals surface area contributed by atoms with E-state index in [2.05, 4.69) is 5.32 Å². The van der Waals surface area contributed by atoms with Crippen LogP contribution in [0.2, 0.25) is 5.02 Å². The predicted molar refractivity (Wildman–Crippen MR) is 88.6 cm³/mol. The number of para-hydroxylation sites is 1. The van der Waals surface area contributed by atoms with Gasteiger partial charge in [0.05, 0.1) is 17.0 Å². The van der Waals surface area contributed by atoms with Crippen LogP contribution in [0.1, 0.15) is 0 Å². The summed E-state index contributed by atoms with van der Waals surface area (Å²) >= 11 is 5.61. The van der Waals surface area contributed by atoms with Crippen LogP contribution in [0.4, 0.5) is 20.2 Å². The summed E-state index contributed by atoms with van der Waals surface area (Å²) in [4.78, 5) is 12.1. The molecule has 0 atom stereocenters. The molecule has 0 aliphatic heterocycles. The lowest BCUT2D eigenvalue weighted by molar-refractivity contribution is -0.114. The maximum absolute atomic E-state index is 13.8. The Morgan fingerprint density at radius 2 is 1.83 bits per heavy atom. The van der Waals surface area contributed by atoms with E-state index in [0.29, 0.717) is 4.31 Å². The van der Waals surface area contributed by atoms with Crippen LogP contribution in [0, 0.1) is 11.6 Å². The smallest absolute Gasteiger partial charge is 0.245 e. The average molecular weight is 375 g/mol. The lowest BCUT2D eigenvalue weighted by Gasteiger charge is -2.22. The molecule has 0 fully saturated rings. The fourth-order valence-corrected chi connectivity index (χ4v) is 2.98. The van der Waals surface area contributed by atoms with Crippen LogP contribution >= 0.6 is 11.6 Å². The molecular weight excluding hydrogens is 362 g/mol. The lowest BCUT2D eigenvalue weighted by Crippen LogP contribution is -2.38. The van der Waals surface area contributed by atoms with Crippen LogP contribution in [0.3, 0.4) is 0 Å². The molecule has 1 amide bonds. The van der Waals surface area contributed by atoms with Gasteiger partial charge >= 0.3 is 0 Å². The fourth-order valence-electron chi connectivity index (χ4n) is 1.94. The van der Waals surface area contributed by atoms with Gasteiger partial charge in [0, 0.05) is 5.69 Å². The normalized spacial score (nSPS) is 11.2. The second kappa shape index (κ2) is 7.14. The van der Waals surface area contributed by atoms with Crippen molar-refractivity contribution in [3.8, 4) is 0 Å². The van der Waals surface area contributed by atoms with Gasteiger partial charge in [0.25, 0.3) is 0 Å². The largest absolute Gasteiger partial charge is 0.324 e. The van der Waals surface area contributed by atoms with Gasteiger partial charge in [0.1, 0.15) is 18.2 Å². The quantitative estimate of drug-likeness (QED) is 0.874. The van der Waals surface area contributed by atoms with Crippen molar-refractivity contribution in [2.75, 3.05) is 22.4 Å². The maximum atomic E-state index is 13.8. The molecule has 2 aromatic rings. The number of hydrogen-bond donors (Lipinski definition) is 1. The Morgan fingerprint density at radius 3 is 2.42 bits per heavy atom. The van der Waals surface area contributed by atoms with Crippen molar-refractivity contribution in [3.05, 3.63) is 59.1 Å².